The highest BCUT2D eigenvalue weighted by atomic mass is 16.4. The van der Waals surface area contributed by atoms with E-state index >= 15 is 0 Å². The number of piperazine rings is 1. The summed E-state index contributed by atoms with van der Waals surface area (Å²) < 4.78 is 0. The van der Waals surface area contributed by atoms with E-state index in [1.807, 2.05) is 18.7 Å². The van der Waals surface area contributed by atoms with Crippen molar-refractivity contribution < 1.29 is 14.7 Å². The smallest absolute Gasteiger partial charge is 0.317 e. The summed E-state index contributed by atoms with van der Waals surface area (Å²) in [7, 11) is 2.06. The molecule has 1 saturated heterocycles. The Kier molecular flexibility index (Phi) is 6.08. The maximum Gasteiger partial charge on any atom is 0.317 e. The first kappa shape index (κ1) is 15.8. The van der Waals surface area contributed by atoms with Gasteiger partial charge in [-0.05, 0) is 33.7 Å². The fourth-order valence-corrected chi connectivity index (χ4v) is 2.37. The Hall–Kier alpha value is -1.30. The molecule has 110 valence electrons. The number of likely N-dealkylation sites (N-methyl/N-ethyl adjacent to an activating group) is 1. The number of nitrogens with one attached hydrogen (secondary N) is 1. The van der Waals surface area contributed by atoms with Crippen molar-refractivity contribution in [2.24, 2.45) is 0 Å². The van der Waals surface area contributed by atoms with Crippen LogP contribution < -0.4 is 5.32 Å². The van der Waals surface area contributed by atoms with Gasteiger partial charge in [-0.3, -0.25) is 4.79 Å². The Morgan fingerprint density at radius 3 is 2.68 bits per heavy atom. The van der Waals surface area contributed by atoms with Gasteiger partial charge in [-0.1, -0.05) is 0 Å². The molecule has 2 atom stereocenters. The average Bonchev–Trinajstić information content (AvgIpc) is 2.27. The second-order valence-corrected chi connectivity index (χ2v) is 5.44. The van der Waals surface area contributed by atoms with E-state index in [0.717, 1.165) is 19.6 Å². The molecule has 2 unspecified atom stereocenters. The first-order valence-electron chi connectivity index (χ1n) is 6.87. The minimum Gasteiger partial charge on any atom is -0.481 e. The third-order valence-electron chi connectivity index (χ3n) is 3.49. The summed E-state index contributed by atoms with van der Waals surface area (Å²) in [6, 6.07) is 0.187. The van der Waals surface area contributed by atoms with Gasteiger partial charge in [0.1, 0.15) is 0 Å². The molecule has 0 saturated carbocycles. The molecule has 1 aliphatic heterocycles. The Balaban J connectivity index is 2.31. The summed E-state index contributed by atoms with van der Waals surface area (Å²) in [5.74, 6) is -0.786. The highest BCUT2D eigenvalue weighted by Gasteiger charge is 2.26. The molecule has 0 bridgehead atoms. The van der Waals surface area contributed by atoms with Crippen LogP contribution in [0.4, 0.5) is 4.79 Å². The molecule has 6 nitrogen and oxygen atoms in total. The van der Waals surface area contributed by atoms with E-state index in [1.165, 1.54) is 0 Å². The number of hydrogen-bond donors (Lipinski definition) is 2. The van der Waals surface area contributed by atoms with E-state index in [1.54, 1.807) is 0 Å². The zero-order chi connectivity index (χ0) is 14.4. The lowest BCUT2D eigenvalue weighted by atomic mass is 10.1. The number of carbonyl (C=O) groups is 2. The van der Waals surface area contributed by atoms with Gasteiger partial charge < -0.3 is 20.2 Å². The lowest BCUT2D eigenvalue weighted by Gasteiger charge is -2.38. The molecule has 0 spiro atoms. The van der Waals surface area contributed by atoms with Crippen molar-refractivity contribution >= 4 is 12.0 Å². The minimum atomic E-state index is -0.786. The largest absolute Gasteiger partial charge is 0.481 e. The molecule has 0 radical (unpaired) electrons. The van der Waals surface area contributed by atoms with Crippen molar-refractivity contribution in [1.29, 1.82) is 0 Å². The van der Waals surface area contributed by atoms with Crippen LogP contribution in [0.2, 0.25) is 0 Å². The van der Waals surface area contributed by atoms with Gasteiger partial charge in [0.2, 0.25) is 0 Å². The molecule has 2 amide bonds. The molecule has 0 aromatic rings. The second kappa shape index (κ2) is 7.33. The van der Waals surface area contributed by atoms with E-state index in [4.69, 9.17) is 5.11 Å². The summed E-state index contributed by atoms with van der Waals surface area (Å²) in [6.45, 7) is 6.49. The molecule has 0 aliphatic carbocycles. The van der Waals surface area contributed by atoms with E-state index in [9.17, 15) is 9.59 Å². The molecule has 1 heterocycles. The summed E-state index contributed by atoms with van der Waals surface area (Å²) in [4.78, 5) is 26.6. The highest BCUT2D eigenvalue weighted by molar-refractivity contribution is 5.75. The van der Waals surface area contributed by atoms with E-state index in [2.05, 4.69) is 17.3 Å². The summed E-state index contributed by atoms with van der Waals surface area (Å²) in [5.41, 5.74) is 0. The topological polar surface area (TPSA) is 72.9 Å². The third-order valence-corrected chi connectivity index (χ3v) is 3.49. The fourth-order valence-electron chi connectivity index (χ4n) is 2.37. The summed E-state index contributed by atoms with van der Waals surface area (Å²) in [5, 5.41) is 11.5. The van der Waals surface area contributed by atoms with E-state index < -0.39 is 5.97 Å². The van der Waals surface area contributed by atoms with Crippen LogP contribution in [0.25, 0.3) is 0 Å². The zero-order valence-electron chi connectivity index (χ0n) is 12.1. The van der Waals surface area contributed by atoms with Crippen LogP contribution >= 0.6 is 0 Å². The molecular formula is C13H25N3O3. The quantitative estimate of drug-likeness (QED) is 0.781. The number of rotatable bonds is 5. The van der Waals surface area contributed by atoms with Crippen LogP contribution in [0.3, 0.4) is 0 Å². The lowest BCUT2D eigenvalue weighted by molar-refractivity contribution is -0.137. The molecule has 1 rings (SSSR count). The van der Waals surface area contributed by atoms with Gasteiger partial charge in [-0.15, -0.1) is 0 Å². The predicted octanol–water partition coefficient (Wildman–Crippen LogP) is 0.975. The molecule has 0 aromatic carbocycles. The number of hydrogen-bond acceptors (Lipinski definition) is 3. The number of aliphatic carboxylic acids is 1. The van der Waals surface area contributed by atoms with Gasteiger partial charge in [0.25, 0.3) is 0 Å². The number of nitrogens with zero attached hydrogens (tertiary/aromatic N) is 2. The molecule has 1 aliphatic rings. The third kappa shape index (κ3) is 5.46. The van der Waals surface area contributed by atoms with Crippen molar-refractivity contribution in [3.8, 4) is 0 Å². The second-order valence-electron chi connectivity index (χ2n) is 5.44. The van der Waals surface area contributed by atoms with Gasteiger partial charge in [-0.25, -0.2) is 4.79 Å². The number of carbonyl (C=O) groups excluding carboxylic acids is 1. The number of carboxylic acid groups (broad SMARTS) is 1. The summed E-state index contributed by atoms with van der Waals surface area (Å²) in [6.07, 6.45) is 1.44. The van der Waals surface area contributed by atoms with Crippen LogP contribution in [0.5, 0.6) is 0 Å². The molecule has 0 aromatic heterocycles. The molecule has 6 heteroatoms. The van der Waals surface area contributed by atoms with Crippen LogP contribution in [0, 0.1) is 0 Å². The summed E-state index contributed by atoms with van der Waals surface area (Å²) >= 11 is 0. The molecule has 1 fully saturated rings. The van der Waals surface area contributed by atoms with Crippen LogP contribution in [0.1, 0.15) is 33.1 Å². The first-order chi connectivity index (χ1) is 8.90. The van der Waals surface area contributed by atoms with Gasteiger partial charge in [0, 0.05) is 38.1 Å². The fraction of sp³-hybridized carbons (Fsp3) is 0.846. The maximum absolute atomic E-state index is 12.1. The lowest BCUT2D eigenvalue weighted by Crippen LogP contribution is -2.56. The van der Waals surface area contributed by atoms with Gasteiger partial charge >= 0.3 is 12.0 Å². The Morgan fingerprint density at radius 2 is 2.11 bits per heavy atom. The predicted molar refractivity (Wildman–Crippen MR) is 73.1 cm³/mol. The van der Waals surface area contributed by atoms with Crippen LogP contribution in [0.15, 0.2) is 0 Å². The Labute approximate surface area is 114 Å². The molecular weight excluding hydrogens is 246 g/mol. The number of carboxylic acids is 1. The SMILES string of the molecule is CC(CCCC(=O)O)NC(=O)N1CCN(C)CC1C. The van der Waals surface area contributed by atoms with Crippen LogP contribution in [-0.4, -0.2) is 65.7 Å². The van der Waals surface area contributed by atoms with Gasteiger partial charge in [0.15, 0.2) is 0 Å². The Bertz CT molecular complexity index is 322. The van der Waals surface area contributed by atoms with Crippen molar-refractivity contribution in [2.75, 3.05) is 26.7 Å². The average molecular weight is 271 g/mol. The number of urea groups is 1. The Morgan fingerprint density at radius 1 is 1.42 bits per heavy atom. The minimum absolute atomic E-state index is 0.0127. The normalized spacial score (nSPS) is 22.1. The van der Waals surface area contributed by atoms with Crippen molar-refractivity contribution in [1.82, 2.24) is 15.1 Å². The zero-order valence-corrected chi connectivity index (χ0v) is 12.1. The van der Waals surface area contributed by atoms with Gasteiger partial charge in [0.05, 0.1) is 0 Å². The van der Waals surface area contributed by atoms with Crippen molar-refractivity contribution in [3.05, 3.63) is 0 Å². The van der Waals surface area contributed by atoms with E-state index in [0.29, 0.717) is 12.8 Å². The molecule has 19 heavy (non-hydrogen) atoms. The standard InChI is InChI=1S/C13H25N3O3/c1-10(5-4-6-12(17)18)14-13(19)16-8-7-15(3)9-11(16)2/h10-11H,4-9H2,1-3H3,(H,14,19)(H,17,18). The first-order valence-corrected chi connectivity index (χ1v) is 6.87. The monoisotopic (exact) mass is 271 g/mol. The van der Waals surface area contributed by atoms with Crippen molar-refractivity contribution in [3.63, 3.8) is 0 Å². The van der Waals surface area contributed by atoms with Crippen LogP contribution in [-0.2, 0) is 4.79 Å². The van der Waals surface area contributed by atoms with Crippen molar-refractivity contribution in [2.45, 2.75) is 45.2 Å². The van der Waals surface area contributed by atoms with E-state index in [-0.39, 0.29) is 24.5 Å². The molecule has 2 N–H and O–H groups in total. The van der Waals surface area contributed by atoms with Gasteiger partial charge in [-0.2, -0.15) is 0 Å². The maximum atomic E-state index is 12.1. The number of amides is 2. The highest BCUT2D eigenvalue weighted by Crippen LogP contribution is 2.09.